The Morgan fingerprint density at radius 3 is 2.00 bits per heavy atom. The van der Waals surface area contributed by atoms with E-state index in [1.807, 2.05) is 19.1 Å². The van der Waals surface area contributed by atoms with Gasteiger partial charge in [0.15, 0.2) is 11.6 Å². The van der Waals surface area contributed by atoms with E-state index in [2.05, 4.69) is 0 Å². The molecule has 0 aliphatic heterocycles. The van der Waals surface area contributed by atoms with Crippen LogP contribution in [0.2, 0.25) is 15.1 Å². The van der Waals surface area contributed by atoms with Gasteiger partial charge in [-0.2, -0.15) is 0 Å². The maximum atomic E-state index is 13.3. The molecule has 3 nitrogen and oxygen atoms in total. The minimum atomic E-state index is -1.25. The average molecular weight is 466 g/mol. The van der Waals surface area contributed by atoms with Crippen LogP contribution in [-0.4, -0.2) is 16.7 Å². The molecule has 158 valence electrons. The maximum absolute atomic E-state index is 13.3. The molecule has 0 spiro atoms. The minimum absolute atomic E-state index is 0.171. The fraction of sp³-hybridized carbons (Fsp3) is 0.333. The Bertz CT molecular complexity index is 1090. The Balaban J connectivity index is 2.34. The molecule has 0 saturated carbocycles. The van der Waals surface area contributed by atoms with Gasteiger partial charge in [-0.1, -0.05) is 53.9 Å². The third kappa shape index (κ3) is 3.47. The number of aliphatic hydroxyl groups excluding tert-OH is 1. The van der Waals surface area contributed by atoms with Gasteiger partial charge >= 0.3 is 0 Å². The van der Waals surface area contributed by atoms with Gasteiger partial charge in [0.2, 0.25) is 0 Å². The monoisotopic (exact) mass is 464 g/mol. The van der Waals surface area contributed by atoms with Crippen LogP contribution in [-0.2, 0) is 16.0 Å². The number of aryl methyl sites for hydroxylation is 1. The molecule has 0 aromatic heterocycles. The smallest absolute Gasteiger partial charge is 0.179 e. The van der Waals surface area contributed by atoms with Crippen molar-refractivity contribution in [1.29, 1.82) is 0 Å². The van der Waals surface area contributed by atoms with Crippen molar-refractivity contribution in [3.05, 3.63) is 62.3 Å². The number of hydrogen-bond acceptors (Lipinski definition) is 3. The standard InChI is InChI=1S/C24H23Cl3O3/c1-6-12-7-8-13(18-16(26)10-14(25)11-17(18)27)9-15(12)19-20(28)23(2,3)22(30)24(4,5)21(19)29/h7-11,28H,6H2,1-5H3. The quantitative estimate of drug-likeness (QED) is 0.482. The van der Waals surface area contributed by atoms with Crippen molar-refractivity contribution in [3.63, 3.8) is 0 Å². The molecule has 0 unspecified atom stereocenters. The van der Waals surface area contributed by atoms with E-state index >= 15 is 0 Å². The molecule has 1 aliphatic rings. The zero-order valence-corrected chi connectivity index (χ0v) is 19.8. The molecule has 3 rings (SSSR count). The molecule has 30 heavy (non-hydrogen) atoms. The lowest BCUT2D eigenvalue weighted by Gasteiger charge is -2.38. The second kappa shape index (κ2) is 7.71. The van der Waals surface area contributed by atoms with Crippen LogP contribution in [0.4, 0.5) is 0 Å². The molecule has 0 heterocycles. The molecule has 2 aromatic rings. The second-order valence-electron chi connectivity index (χ2n) is 8.60. The van der Waals surface area contributed by atoms with E-state index in [0.717, 1.165) is 5.56 Å². The zero-order chi connectivity index (χ0) is 22.6. The van der Waals surface area contributed by atoms with Crippen molar-refractivity contribution in [3.8, 4) is 11.1 Å². The van der Waals surface area contributed by atoms with Crippen molar-refractivity contribution in [2.75, 3.05) is 0 Å². The van der Waals surface area contributed by atoms with Crippen LogP contribution >= 0.6 is 34.8 Å². The van der Waals surface area contributed by atoms with Crippen LogP contribution in [0.3, 0.4) is 0 Å². The highest BCUT2D eigenvalue weighted by atomic mass is 35.5. The Morgan fingerprint density at radius 1 is 0.900 bits per heavy atom. The molecule has 0 amide bonds. The van der Waals surface area contributed by atoms with E-state index in [1.54, 1.807) is 45.9 Å². The summed E-state index contributed by atoms with van der Waals surface area (Å²) in [6, 6.07) is 8.76. The van der Waals surface area contributed by atoms with Crippen LogP contribution in [0.1, 0.15) is 45.7 Å². The summed E-state index contributed by atoms with van der Waals surface area (Å²) in [5, 5.41) is 12.2. The second-order valence-corrected chi connectivity index (χ2v) is 9.85. The van der Waals surface area contributed by atoms with Gasteiger partial charge in [-0.15, -0.1) is 0 Å². The van der Waals surface area contributed by atoms with Crippen LogP contribution in [0.15, 0.2) is 36.1 Å². The topological polar surface area (TPSA) is 54.4 Å². The minimum Gasteiger partial charge on any atom is -0.510 e. The van der Waals surface area contributed by atoms with E-state index < -0.39 is 16.6 Å². The summed E-state index contributed by atoms with van der Waals surface area (Å²) in [5.74, 6) is -0.916. The Morgan fingerprint density at radius 2 is 1.47 bits per heavy atom. The summed E-state index contributed by atoms with van der Waals surface area (Å²) in [4.78, 5) is 26.2. The summed E-state index contributed by atoms with van der Waals surface area (Å²) in [5.41, 5.74) is 0.470. The number of benzene rings is 2. The van der Waals surface area contributed by atoms with Gasteiger partial charge < -0.3 is 5.11 Å². The van der Waals surface area contributed by atoms with Crippen molar-refractivity contribution in [2.24, 2.45) is 10.8 Å². The summed E-state index contributed by atoms with van der Waals surface area (Å²) >= 11 is 18.9. The molecule has 0 radical (unpaired) electrons. The van der Waals surface area contributed by atoms with Crippen molar-refractivity contribution in [1.82, 2.24) is 0 Å². The van der Waals surface area contributed by atoms with Crippen LogP contribution in [0, 0.1) is 10.8 Å². The van der Waals surface area contributed by atoms with E-state index in [1.165, 1.54) is 0 Å². The normalized spacial score (nSPS) is 18.1. The molecule has 0 fully saturated rings. The first-order valence-electron chi connectivity index (χ1n) is 9.65. The molecule has 0 bridgehead atoms. The Kier molecular flexibility index (Phi) is 5.87. The average Bonchev–Trinajstić information content (AvgIpc) is 2.65. The van der Waals surface area contributed by atoms with E-state index in [-0.39, 0.29) is 17.1 Å². The molecular formula is C24H23Cl3O3. The first-order chi connectivity index (χ1) is 13.8. The highest BCUT2D eigenvalue weighted by molar-refractivity contribution is 6.42. The van der Waals surface area contributed by atoms with Crippen LogP contribution < -0.4 is 0 Å². The van der Waals surface area contributed by atoms with Gasteiger partial charge in [0.1, 0.15) is 5.76 Å². The molecule has 0 saturated heterocycles. The molecule has 1 aliphatic carbocycles. The highest BCUT2D eigenvalue weighted by Crippen LogP contribution is 2.47. The first kappa shape index (κ1) is 22.9. The number of Topliss-reactive ketones (excluding diaryl/α,β-unsaturated/α-hetero) is 2. The maximum Gasteiger partial charge on any atom is 0.179 e. The predicted molar refractivity (Wildman–Crippen MR) is 123 cm³/mol. The third-order valence-electron chi connectivity index (χ3n) is 5.81. The highest BCUT2D eigenvalue weighted by Gasteiger charge is 2.53. The largest absolute Gasteiger partial charge is 0.510 e. The van der Waals surface area contributed by atoms with E-state index in [4.69, 9.17) is 34.8 Å². The third-order valence-corrected chi connectivity index (χ3v) is 6.63. The van der Waals surface area contributed by atoms with Gasteiger partial charge in [-0.25, -0.2) is 0 Å². The van der Waals surface area contributed by atoms with Crippen LogP contribution in [0.5, 0.6) is 0 Å². The van der Waals surface area contributed by atoms with Gasteiger partial charge in [-0.3, -0.25) is 9.59 Å². The van der Waals surface area contributed by atoms with Crippen molar-refractivity contribution < 1.29 is 14.7 Å². The number of halogens is 3. The number of carbonyl (C=O) groups is 2. The van der Waals surface area contributed by atoms with Crippen molar-refractivity contribution >= 4 is 51.9 Å². The van der Waals surface area contributed by atoms with E-state index in [0.29, 0.717) is 38.2 Å². The molecule has 1 N–H and O–H groups in total. The lowest BCUT2D eigenvalue weighted by molar-refractivity contribution is -0.143. The predicted octanol–water partition coefficient (Wildman–Crippen LogP) is 7.35. The fourth-order valence-corrected chi connectivity index (χ4v) is 5.10. The molecule has 2 aromatic carbocycles. The summed E-state index contributed by atoms with van der Waals surface area (Å²) in [6.45, 7) is 8.46. The van der Waals surface area contributed by atoms with Gasteiger partial charge in [-0.05, 0) is 69.0 Å². The van der Waals surface area contributed by atoms with Crippen molar-refractivity contribution in [2.45, 2.75) is 41.0 Å². The number of aliphatic hydroxyl groups is 1. The first-order valence-corrected chi connectivity index (χ1v) is 10.8. The number of allylic oxidation sites excluding steroid dienone is 2. The van der Waals surface area contributed by atoms with Crippen LogP contribution in [0.25, 0.3) is 16.7 Å². The SMILES string of the molecule is CCc1ccc(-c2c(Cl)cc(Cl)cc2Cl)cc1C1=C(O)C(C)(C)C(=O)C(C)(C)C1=O. The Labute approximate surface area is 191 Å². The van der Waals surface area contributed by atoms with Gasteiger partial charge in [0.25, 0.3) is 0 Å². The molecule has 0 atom stereocenters. The summed E-state index contributed by atoms with van der Waals surface area (Å²) in [7, 11) is 0. The summed E-state index contributed by atoms with van der Waals surface area (Å²) < 4.78 is 0. The number of carbonyl (C=O) groups excluding carboxylic acids is 2. The lowest BCUT2D eigenvalue weighted by atomic mass is 9.62. The number of hydrogen-bond donors (Lipinski definition) is 1. The molecular weight excluding hydrogens is 443 g/mol. The zero-order valence-electron chi connectivity index (χ0n) is 17.5. The fourth-order valence-electron chi connectivity index (χ4n) is 4.07. The Hall–Kier alpha value is -1.81. The van der Waals surface area contributed by atoms with Gasteiger partial charge in [0, 0.05) is 10.6 Å². The van der Waals surface area contributed by atoms with Gasteiger partial charge in [0.05, 0.1) is 26.4 Å². The lowest BCUT2D eigenvalue weighted by Crippen LogP contribution is -2.48. The summed E-state index contributed by atoms with van der Waals surface area (Å²) in [6.07, 6.45) is 0.635. The molecule has 6 heteroatoms. The van der Waals surface area contributed by atoms with E-state index in [9.17, 15) is 14.7 Å². The number of ketones is 2. The number of rotatable bonds is 3.